The molecule has 0 bridgehead atoms. The number of rotatable bonds is 6. The summed E-state index contributed by atoms with van der Waals surface area (Å²) in [6, 6.07) is 11.0. The fourth-order valence-corrected chi connectivity index (χ4v) is 4.95. The second-order valence-corrected chi connectivity index (χ2v) is 10.1. The molecule has 0 spiro atoms. The molecule has 5 aromatic rings. The number of hydrogen-bond acceptors (Lipinski definition) is 9. The molecule has 0 radical (unpaired) electrons. The molecule has 1 aliphatic rings. The summed E-state index contributed by atoms with van der Waals surface area (Å²) >= 11 is 0. The Hall–Kier alpha value is -5.42. The van der Waals surface area contributed by atoms with Gasteiger partial charge in [0.25, 0.3) is 5.91 Å². The van der Waals surface area contributed by atoms with E-state index >= 15 is 0 Å². The smallest absolute Gasteiger partial charge is 0.358 e. The molecular weight excluding hydrogens is 575 g/mol. The summed E-state index contributed by atoms with van der Waals surface area (Å²) in [5.74, 6) is -0.296. The summed E-state index contributed by atoms with van der Waals surface area (Å²) in [6.45, 7) is 2.54. The first-order valence-corrected chi connectivity index (χ1v) is 13.6. The van der Waals surface area contributed by atoms with E-state index in [0.29, 0.717) is 52.4 Å². The Balaban J connectivity index is 1.28. The minimum Gasteiger partial charge on any atom is -0.358 e. The van der Waals surface area contributed by atoms with Crippen LogP contribution in [-0.4, -0.2) is 42.0 Å². The van der Waals surface area contributed by atoms with Crippen molar-refractivity contribution in [2.24, 2.45) is 0 Å². The van der Waals surface area contributed by atoms with Gasteiger partial charge in [0.2, 0.25) is 0 Å². The molecule has 0 saturated carbocycles. The number of benzene rings is 1. The average molecular weight is 600 g/mol. The first kappa shape index (κ1) is 28.7. The van der Waals surface area contributed by atoms with E-state index in [9.17, 15) is 18.0 Å². The Morgan fingerprint density at radius 1 is 1.11 bits per heavy atom. The molecule has 1 unspecified atom stereocenters. The largest absolute Gasteiger partial charge is 0.419 e. The molecule has 1 amide bonds. The second kappa shape index (κ2) is 11.7. The Bertz CT molecular complexity index is 1910. The third-order valence-electron chi connectivity index (χ3n) is 7.20. The van der Waals surface area contributed by atoms with E-state index in [0.717, 1.165) is 30.9 Å². The lowest BCUT2D eigenvalue weighted by atomic mass is 10.1. The number of anilines is 3. The summed E-state index contributed by atoms with van der Waals surface area (Å²) < 4.78 is 47.3. The minimum absolute atomic E-state index is 0.145. The maximum absolute atomic E-state index is 13.1. The third-order valence-corrected chi connectivity index (χ3v) is 7.20. The van der Waals surface area contributed by atoms with Gasteiger partial charge >= 0.3 is 6.18 Å². The van der Waals surface area contributed by atoms with Crippen LogP contribution in [0.2, 0.25) is 0 Å². The quantitative estimate of drug-likeness (QED) is 0.234. The molecule has 1 aromatic carbocycles. The van der Waals surface area contributed by atoms with E-state index in [-0.39, 0.29) is 11.9 Å². The van der Waals surface area contributed by atoms with Gasteiger partial charge in [-0.3, -0.25) is 14.3 Å². The third kappa shape index (κ3) is 5.64. The van der Waals surface area contributed by atoms with Gasteiger partial charge in [-0.05, 0) is 62.1 Å². The molecule has 14 heteroatoms. The molecule has 222 valence electrons. The molecule has 6 rings (SSSR count). The Labute approximate surface area is 248 Å². The van der Waals surface area contributed by atoms with E-state index < -0.39 is 23.2 Å². The molecule has 5 heterocycles. The molecule has 1 fully saturated rings. The number of aromatic nitrogens is 6. The molecular formula is C30H24F3N9O2. The summed E-state index contributed by atoms with van der Waals surface area (Å²) in [6.07, 6.45) is 3.32. The Morgan fingerprint density at radius 2 is 1.98 bits per heavy atom. The maximum atomic E-state index is 13.1. The number of amides is 1. The van der Waals surface area contributed by atoms with Gasteiger partial charge in [0.05, 0.1) is 23.5 Å². The van der Waals surface area contributed by atoms with Crippen LogP contribution in [0.5, 0.6) is 0 Å². The van der Waals surface area contributed by atoms with Crippen LogP contribution in [0.25, 0.3) is 22.4 Å². The van der Waals surface area contributed by atoms with E-state index in [4.69, 9.17) is 10.00 Å². The number of nitrogens with one attached hydrogen (secondary N) is 2. The number of nitrogens with zero attached hydrogens (tertiary/aromatic N) is 7. The zero-order valence-electron chi connectivity index (χ0n) is 23.3. The highest BCUT2D eigenvalue weighted by molar-refractivity contribution is 6.03. The van der Waals surface area contributed by atoms with Crippen LogP contribution in [0, 0.1) is 18.3 Å². The number of ether oxygens (including phenoxy) is 1. The number of hydrogen-bond donors (Lipinski definition) is 2. The van der Waals surface area contributed by atoms with Crippen molar-refractivity contribution in [1.29, 1.82) is 5.26 Å². The van der Waals surface area contributed by atoms with Gasteiger partial charge < -0.3 is 15.4 Å². The summed E-state index contributed by atoms with van der Waals surface area (Å²) in [4.78, 5) is 34.6. The number of alkyl halides is 3. The first-order valence-electron chi connectivity index (χ1n) is 13.6. The number of carbonyl (C=O) groups is 1. The number of nitriles is 1. The highest BCUT2D eigenvalue weighted by Gasteiger charge is 2.34. The van der Waals surface area contributed by atoms with E-state index in [1.807, 2.05) is 17.6 Å². The topological polar surface area (TPSA) is 144 Å². The molecule has 44 heavy (non-hydrogen) atoms. The minimum atomic E-state index is -4.77. The van der Waals surface area contributed by atoms with Crippen molar-refractivity contribution >= 4 is 34.3 Å². The van der Waals surface area contributed by atoms with Gasteiger partial charge in [-0.15, -0.1) is 0 Å². The Morgan fingerprint density at radius 3 is 2.75 bits per heavy atom. The van der Waals surface area contributed by atoms with Crippen molar-refractivity contribution < 1.29 is 22.7 Å². The average Bonchev–Trinajstić information content (AvgIpc) is 3.47. The maximum Gasteiger partial charge on any atom is 0.419 e. The molecule has 2 N–H and O–H groups in total. The van der Waals surface area contributed by atoms with Crippen molar-refractivity contribution in [3.8, 4) is 17.3 Å². The van der Waals surface area contributed by atoms with Gasteiger partial charge in [0, 0.05) is 35.9 Å². The van der Waals surface area contributed by atoms with Gasteiger partial charge in [-0.2, -0.15) is 18.4 Å². The summed E-state index contributed by atoms with van der Waals surface area (Å²) in [5.41, 5.74) is 2.02. The van der Waals surface area contributed by atoms with E-state index in [1.165, 1.54) is 12.4 Å². The second-order valence-electron chi connectivity index (χ2n) is 10.1. The normalized spacial score (nSPS) is 15.1. The Kier molecular flexibility index (Phi) is 7.62. The van der Waals surface area contributed by atoms with Crippen molar-refractivity contribution in [1.82, 2.24) is 29.5 Å². The van der Waals surface area contributed by atoms with Crippen molar-refractivity contribution in [2.75, 3.05) is 17.2 Å². The van der Waals surface area contributed by atoms with Gasteiger partial charge in [-0.1, -0.05) is 6.07 Å². The molecule has 11 nitrogen and oxygen atoms in total. The lowest BCUT2D eigenvalue weighted by Crippen LogP contribution is -2.17. The number of fused-ring (bicyclic) bond motifs is 1. The summed E-state index contributed by atoms with van der Waals surface area (Å²) in [5, 5.41) is 15.1. The fraction of sp³-hybridized carbons (Fsp3) is 0.233. The van der Waals surface area contributed by atoms with Crippen molar-refractivity contribution in [3.63, 3.8) is 0 Å². The van der Waals surface area contributed by atoms with Crippen LogP contribution in [0.15, 0.2) is 61.4 Å². The standard InChI is InChI=1S/C30H24F3N9O2/c1-17-7-8-19(40-29(43)23-11-18(13-34)21(14-36-23)30(31,32)33)12-22(17)41-27-20(5-4-9-35-27)25-26-28(38-15-37-25)42(16-39-26)24-6-2-3-10-44-24/h4-5,7-9,11-12,14-16,24H,2-3,6,10H2,1H3,(H,35,41)(H,40,43). The van der Waals surface area contributed by atoms with E-state index in [2.05, 4.69) is 35.6 Å². The van der Waals surface area contributed by atoms with Crippen LogP contribution in [0.1, 0.15) is 52.7 Å². The van der Waals surface area contributed by atoms with Crippen LogP contribution in [0.4, 0.5) is 30.4 Å². The van der Waals surface area contributed by atoms with Gasteiger partial charge in [0.15, 0.2) is 5.65 Å². The number of imidazole rings is 1. The van der Waals surface area contributed by atoms with Gasteiger partial charge in [-0.25, -0.2) is 19.9 Å². The lowest BCUT2D eigenvalue weighted by Gasteiger charge is -2.23. The number of aryl methyl sites for hydroxylation is 1. The van der Waals surface area contributed by atoms with Gasteiger partial charge in [0.1, 0.15) is 35.3 Å². The number of halogens is 3. The van der Waals surface area contributed by atoms with E-state index in [1.54, 1.807) is 36.8 Å². The lowest BCUT2D eigenvalue weighted by molar-refractivity contribution is -0.138. The molecule has 1 saturated heterocycles. The highest BCUT2D eigenvalue weighted by Crippen LogP contribution is 2.35. The van der Waals surface area contributed by atoms with Crippen LogP contribution in [0.3, 0.4) is 0 Å². The summed E-state index contributed by atoms with van der Waals surface area (Å²) in [7, 11) is 0. The monoisotopic (exact) mass is 599 g/mol. The predicted molar refractivity (Wildman–Crippen MR) is 154 cm³/mol. The zero-order valence-corrected chi connectivity index (χ0v) is 23.3. The molecule has 1 atom stereocenters. The van der Waals surface area contributed by atoms with Crippen LogP contribution >= 0.6 is 0 Å². The molecule has 4 aromatic heterocycles. The molecule has 1 aliphatic heterocycles. The van der Waals surface area contributed by atoms with Crippen molar-refractivity contribution in [2.45, 2.75) is 38.6 Å². The zero-order chi connectivity index (χ0) is 30.8. The predicted octanol–water partition coefficient (Wildman–Crippen LogP) is 6.18. The van der Waals surface area contributed by atoms with Crippen LogP contribution < -0.4 is 10.6 Å². The SMILES string of the molecule is Cc1ccc(NC(=O)c2cc(C#N)c(C(F)(F)F)cn2)cc1Nc1ncccc1-c1ncnc2c1ncn2C1CCCCO1. The van der Waals surface area contributed by atoms with Crippen LogP contribution in [-0.2, 0) is 10.9 Å². The highest BCUT2D eigenvalue weighted by atomic mass is 19.4. The molecule has 0 aliphatic carbocycles. The number of carbonyl (C=O) groups excluding carboxylic acids is 1. The number of pyridine rings is 2. The van der Waals surface area contributed by atoms with Crippen molar-refractivity contribution in [3.05, 3.63) is 83.8 Å². The fourth-order valence-electron chi connectivity index (χ4n) is 4.95. The first-order chi connectivity index (χ1) is 21.2.